The molecule has 1 aliphatic carbocycles. The molecule has 4 aliphatic rings. The van der Waals surface area contributed by atoms with Crippen molar-refractivity contribution in [3.05, 3.63) is 88.4 Å². The van der Waals surface area contributed by atoms with Crippen LogP contribution in [0.4, 0.5) is 13.6 Å². The quantitative estimate of drug-likeness (QED) is 0.299. The van der Waals surface area contributed by atoms with Crippen LogP contribution in [0.25, 0.3) is 0 Å². The first kappa shape index (κ1) is 31.2. The number of fused-ring (bicyclic) bond motifs is 1. The van der Waals surface area contributed by atoms with E-state index < -0.39 is 45.4 Å². The van der Waals surface area contributed by atoms with E-state index in [1.54, 1.807) is 17.0 Å². The highest BCUT2D eigenvalue weighted by Gasteiger charge is 2.60. The van der Waals surface area contributed by atoms with E-state index in [4.69, 9.17) is 25.8 Å². The molecule has 9 nitrogen and oxygen atoms in total. The van der Waals surface area contributed by atoms with E-state index in [9.17, 15) is 22.0 Å². The van der Waals surface area contributed by atoms with Gasteiger partial charge in [-0.3, -0.25) is 4.90 Å². The summed E-state index contributed by atoms with van der Waals surface area (Å²) in [6.45, 7) is 3.13. The van der Waals surface area contributed by atoms with Crippen LogP contribution in [0, 0.1) is 11.6 Å². The van der Waals surface area contributed by atoms with Gasteiger partial charge < -0.3 is 19.1 Å². The molecular formula is C33H34ClF2N3O6S. The van der Waals surface area contributed by atoms with E-state index >= 15 is 0 Å². The van der Waals surface area contributed by atoms with Gasteiger partial charge in [0.25, 0.3) is 0 Å². The van der Waals surface area contributed by atoms with Crippen LogP contribution in [0.2, 0.25) is 5.02 Å². The molecule has 0 radical (unpaired) electrons. The summed E-state index contributed by atoms with van der Waals surface area (Å²) in [5.74, 6) is 0.318. The highest BCUT2D eigenvalue weighted by atomic mass is 35.5. The largest absolute Gasteiger partial charge is 0.454 e. The molecule has 1 amide bonds. The number of nitrogens with zero attached hydrogens (tertiary/aromatic N) is 3. The summed E-state index contributed by atoms with van der Waals surface area (Å²) in [5.41, 5.74) is 0.545. The van der Waals surface area contributed by atoms with Gasteiger partial charge in [-0.25, -0.2) is 22.0 Å². The predicted octanol–water partition coefficient (Wildman–Crippen LogP) is 6.12. The number of piperidine rings is 1. The summed E-state index contributed by atoms with van der Waals surface area (Å²) in [4.78, 5) is 17.2. The van der Waals surface area contributed by atoms with E-state index in [2.05, 4.69) is 4.90 Å². The van der Waals surface area contributed by atoms with Crippen LogP contribution in [0.5, 0.6) is 11.5 Å². The first-order valence-corrected chi connectivity index (χ1v) is 17.3. The summed E-state index contributed by atoms with van der Waals surface area (Å²) >= 11 is 6.29. The smallest absolute Gasteiger partial charge is 0.410 e. The molecule has 46 heavy (non-hydrogen) atoms. The Morgan fingerprint density at radius 3 is 2.43 bits per heavy atom. The minimum absolute atomic E-state index is 0.219. The number of carbonyl (C=O) groups excluding carboxylic acids is 1. The molecule has 0 spiro atoms. The van der Waals surface area contributed by atoms with E-state index in [1.807, 2.05) is 18.2 Å². The normalized spacial score (nSPS) is 22.9. The zero-order valence-electron chi connectivity index (χ0n) is 25.0. The maximum atomic E-state index is 14.4. The molecule has 0 bridgehead atoms. The summed E-state index contributed by atoms with van der Waals surface area (Å²) < 4.78 is 75.5. The fourth-order valence-corrected chi connectivity index (χ4v) is 9.31. The highest BCUT2D eigenvalue weighted by Crippen LogP contribution is 2.53. The number of hydrogen-bond acceptors (Lipinski definition) is 7. The molecule has 3 aromatic carbocycles. The SMILES string of the molecule is O=C(OC1([C@H]2CCC[C@@H](c3cccc(F)c3)N2S(=O)(=O)c2ccc(F)cc2Cl)CC1)N1CCN(Cc2ccc3c(c2)OCO3)CC1. The lowest BCUT2D eigenvalue weighted by atomic mass is 9.90. The fourth-order valence-electron chi connectivity index (χ4n) is 6.88. The molecule has 0 N–H and O–H groups in total. The number of carbonyl (C=O) groups is 1. The lowest BCUT2D eigenvalue weighted by molar-refractivity contribution is -0.0143. The molecule has 7 rings (SSSR count). The number of hydrogen-bond donors (Lipinski definition) is 0. The number of benzene rings is 3. The standard InChI is InChI=1S/C33H34ClF2N3O6S/c34-26-19-25(36)8-10-30(26)46(41,42)39-27(23-3-1-4-24(35)18-23)5-2-6-31(39)33(11-12-33)45-32(40)38-15-13-37(14-16-38)20-22-7-9-28-29(17-22)44-21-43-28/h1,3-4,7-10,17-19,27,31H,2,5-6,11-16,20-21H2/t27-,31+/m0/s1. The summed E-state index contributed by atoms with van der Waals surface area (Å²) in [7, 11) is -4.33. The van der Waals surface area contributed by atoms with E-state index in [1.165, 1.54) is 16.4 Å². The topological polar surface area (TPSA) is 88.6 Å². The molecule has 3 heterocycles. The second kappa shape index (κ2) is 12.3. The monoisotopic (exact) mass is 673 g/mol. The number of ether oxygens (including phenoxy) is 3. The fraction of sp³-hybridized carbons (Fsp3) is 0.424. The van der Waals surface area contributed by atoms with Crippen LogP contribution in [0.1, 0.15) is 49.3 Å². The van der Waals surface area contributed by atoms with Gasteiger partial charge in [0, 0.05) is 32.7 Å². The molecule has 0 aromatic heterocycles. The minimum Gasteiger partial charge on any atom is -0.454 e. The first-order chi connectivity index (χ1) is 22.1. The molecule has 1 saturated carbocycles. The molecule has 3 fully saturated rings. The predicted molar refractivity (Wildman–Crippen MR) is 165 cm³/mol. The van der Waals surface area contributed by atoms with E-state index in [-0.39, 0.29) is 16.7 Å². The minimum atomic E-state index is -4.33. The second-order valence-electron chi connectivity index (χ2n) is 12.3. The maximum Gasteiger partial charge on any atom is 0.410 e. The average molecular weight is 674 g/mol. The van der Waals surface area contributed by atoms with Gasteiger partial charge in [-0.05, 0) is 85.7 Å². The van der Waals surface area contributed by atoms with Crippen molar-refractivity contribution >= 4 is 27.7 Å². The summed E-state index contributed by atoms with van der Waals surface area (Å²) in [6, 6.07) is 13.5. The van der Waals surface area contributed by atoms with Gasteiger partial charge in [0.2, 0.25) is 16.8 Å². The van der Waals surface area contributed by atoms with Crippen LogP contribution in [-0.4, -0.2) is 73.2 Å². The number of rotatable bonds is 7. The maximum absolute atomic E-state index is 14.4. The third-order valence-electron chi connectivity index (χ3n) is 9.37. The van der Waals surface area contributed by atoms with Crippen molar-refractivity contribution in [2.24, 2.45) is 0 Å². The van der Waals surface area contributed by atoms with Gasteiger partial charge in [0.15, 0.2) is 11.5 Å². The van der Waals surface area contributed by atoms with E-state index in [0.29, 0.717) is 70.4 Å². The van der Waals surface area contributed by atoms with Crippen LogP contribution in [0.3, 0.4) is 0 Å². The number of piperazine rings is 1. The molecule has 244 valence electrons. The molecule has 13 heteroatoms. The van der Waals surface area contributed by atoms with Crippen molar-refractivity contribution in [3.8, 4) is 11.5 Å². The van der Waals surface area contributed by atoms with Crippen molar-refractivity contribution in [1.29, 1.82) is 0 Å². The Morgan fingerprint density at radius 1 is 0.935 bits per heavy atom. The molecule has 2 atom stereocenters. The van der Waals surface area contributed by atoms with Crippen molar-refractivity contribution < 1.29 is 36.2 Å². The third-order valence-corrected chi connectivity index (χ3v) is 11.8. The Morgan fingerprint density at radius 2 is 1.70 bits per heavy atom. The van der Waals surface area contributed by atoms with Crippen molar-refractivity contribution in [1.82, 2.24) is 14.1 Å². The van der Waals surface area contributed by atoms with Gasteiger partial charge in [-0.1, -0.05) is 29.8 Å². The number of amides is 1. The molecule has 3 aromatic rings. The summed E-state index contributed by atoms with van der Waals surface area (Å²) in [5, 5.41) is -0.247. The zero-order chi connectivity index (χ0) is 32.1. The lowest BCUT2D eigenvalue weighted by Gasteiger charge is -2.45. The zero-order valence-corrected chi connectivity index (χ0v) is 26.6. The van der Waals surface area contributed by atoms with E-state index in [0.717, 1.165) is 35.3 Å². The lowest BCUT2D eigenvalue weighted by Crippen LogP contribution is -2.55. The van der Waals surface area contributed by atoms with Crippen molar-refractivity contribution in [2.75, 3.05) is 33.0 Å². The highest BCUT2D eigenvalue weighted by molar-refractivity contribution is 7.89. The van der Waals surface area contributed by atoms with Gasteiger partial charge in [0.05, 0.1) is 17.1 Å². The molecule has 0 unspecified atom stereocenters. The van der Waals surface area contributed by atoms with Gasteiger partial charge in [-0.2, -0.15) is 4.31 Å². The second-order valence-corrected chi connectivity index (χ2v) is 14.5. The molecule has 2 saturated heterocycles. The molecular weight excluding hydrogens is 640 g/mol. The Balaban J connectivity index is 1.09. The van der Waals surface area contributed by atoms with Gasteiger partial charge in [0.1, 0.15) is 22.1 Å². The van der Waals surface area contributed by atoms with Crippen LogP contribution >= 0.6 is 11.6 Å². The summed E-state index contributed by atoms with van der Waals surface area (Å²) in [6.07, 6.45) is 2.03. The number of halogens is 3. The Kier molecular flexibility index (Phi) is 8.33. The Hall–Kier alpha value is -3.45. The first-order valence-electron chi connectivity index (χ1n) is 15.5. The van der Waals surface area contributed by atoms with Gasteiger partial charge >= 0.3 is 6.09 Å². The van der Waals surface area contributed by atoms with Gasteiger partial charge in [-0.15, -0.1) is 0 Å². The van der Waals surface area contributed by atoms with Crippen molar-refractivity contribution in [3.63, 3.8) is 0 Å². The van der Waals surface area contributed by atoms with Crippen LogP contribution < -0.4 is 9.47 Å². The average Bonchev–Trinajstić information content (AvgIpc) is 3.66. The Bertz CT molecular complexity index is 1750. The van der Waals surface area contributed by atoms with Crippen LogP contribution in [-0.2, 0) is 21.3 Å². The van der Waals surface area contributed by atoms with Crippen LogP contribution in [0.15, 0.2) is 65.6 Å². The third kappa shape index (κ3) is 6.03. The van der Waals surface area contributed by atoms with Crippen molar-refractivity contribution in [2.45, 2.75) is 61.2 Å². The molecule has 3 aliphatic heterocycles. The Labute approximate surface area is 271 Å². The number of sulfonamides is 1.